The van der Waals surface area contributed by atoms with Crippen LogP contribution in [-0.2, 0) is 17.6 Å². The number of hydrogen-bond acceptors (Lipinski definition) is 6. The molecule has 0 fully saturated rings. The van der Waals surface area contributed by atoms with Gasteiger partial charge in [0.05, 0.1) is 5.56 Å². The maximum absolute atomic E-state index is 13.1. The summed E-state index contributed by atoms with van der Waals surface area (Å²) >= 11 is 0. The van der Waals surface area contributed by atoms with E-state index in [1.807, 2.05) is 24.3 Å². The van der Waals surface area contributed by atoms with Gasteiger partial charge in [-0.15, -0.1) is 0 Å². The number of nitrogens with zero attached hydrogens (tertiary/aromatic N) is 4. The van der Waals surface area contributed by atoms with Crippen LogP contribution in [0, 0.1) is 0 Å². The van der Waals surface area contributed by atoms with Gasteiger partial charge in [-0.05, 0) is 72.3 Å². The van der Waals surface area contributed by atoms with Gasteiger partial charge in [0.1, 0.15) is 0 Å². The SMILES string of the molecule is CN1CCc2cccc3c2[C@H]1Cc1ccc(OC(=O)CCCN=[N+]=[N-])c(OC(=O)c2ccccc2)c1-3. The predicted octanol–water partition coefficient (Wildman–Crippen LogP) is 5.65. The van der Waals surface area contributed by atoms with Crippen molar-refractivity contribution in [3.63, 3.8) is 0 Å². The molecule has 3 aromatic carbocycles. The molecule has 8 nitrogen and oxygen atoms in total. The number of benzene rings is 3. The van der Waals surface area contributed by atoms with Crippen LogP contribution >= 0.6 is 0 Å². The molecule has 0 unspecified atom stereocenters. The number of ether oxygens (including phenoxy) is 2. The van der Waals surface area contributed by atoms with Gasteiger partial charge >= 0.3 is 11.9 Å². The van der Waals surface area contributed by atoms with Crippen molar-refractivity contribution in [2.24, 2.45) is 5.11 Å². The zero-order chi connectivity index (χ0) is 25.1. The van der Waals surface area contributed by atoms with Crippen molar-refractivity contribution in [3.05, 3.63) is 93.4 Å². The van der Waals surface area contributed by atoms with E-state index in [1.165, 1.54) is 11.1 Å². The molecule has 0 saturated heterocycles. The van der Waals surface area contributed by atoms with Gasteiger partial charge in [0.15, 0.2) is 11.5 Å². The highest BCUT2D eigenvalue weighted by Crippen LogP contribution is 2.51. The van der Waals surface area contributed by atoms with Gasteiger partial charge in [-0.25, -0.2) is 4.79 Å². The molecular formula is C28H26N4O4. The second-order valence-electron chi connectivity index (χ2n) is 9.04. The maximum Gasteiger partial charge on any atom is 0.343 e. The number of azide groups is 1. The van der Waals surface area contributed by atoms with Crippen LogP contribution in [0.25, 0.3) is 21.6 Å². The summed E-state index contributed by atoms with van der Waals surface area (Å²) in [7, 11) is 2.14. The molecule has 0 spiro atoms. The molecule has 2 aliphatic rings. The van der Waals surface area contributed by atoms with Crippen molar-refractivity contribution >= 4 is 11.9 Å². The first-order valence-electron chi connectivity index (χ1n) is 12.0. The van der Waals surface area contributed by atoms with Crippen molar-refractivity contribution in [2.75, 3.05) is 20.1 Å². The van der Waals surface area contributed by atoms with Crippen LogP contribution in [0.2, 0.25) is 0 Å². The molecule has 0 radical (unpaired) electrons. The highest BCUT2D eigenvalue weighted by atomic mass is 16.6. The maximum atomic E-state index is 13.1. The minimum absolute atomic E-state index is 0.0791. The minimum atomic E-state index is -0.520. The van der Waals surface area contributed by atoms with E-state index in [4.69, 9.17) is 15.0 Å². The number of carbonyl (C=O) groups excluding carboxylic acids is 2. The summed E-state index contributed by atoms with van der Waals surface area (Å²) in [5, 5.41) is 3.46. The Morgan fingerprint density at radius 2 is 1.89 bits per heavy atom. The highest BCUT2D eigenvalue weighted by Gasteiger charge is 2.35. The zero-order valence-corrected chi connectivity index (χ0v) is 20.0. The number of rotatable bonds is 7. The molecule has 0 amide bonds. The Morgan fingerprint density at radius 1 is 1.06 bits per heavy atom. The zero-order valence-electron chi connectivity index (χ0n) is 20.0. The molecule has 1 atom stereocenters. The Morgan fingerprint density at radius 3 is 2.69 bits per heavy atom. The second-order valence-corrected chi connectivity index (χ2v) is 9.04. The molecule has 0 aromatic heterocycles. The molecule has 182 valence electrons. The number of carbonyl (C=O) groups is 2. The fraction of sp³-hybridized carbons (Fsp3) is 0.286. The Bertz CT molecular complexity index is 1370. The second kappa shape index (κ2) is 10.2. The fourth-order valence-corrected chi connectivity index (χ4v) is 5.07. The third-order valence-electron chi connectivity index (χ3n) is 6.82. The quantitative estimate of drug-likeness (QED) is 0.108. The van der Waals surface area contributed by atoms with E-state index in [1.54, 1.807) is 30.3 Å². The first kappa shape index (κ1) is 23.6. The van der Waals surface area contributed by atoms with E-state index in [9.17, 15) is 9.59 Å². The highest BCUT2D eigenvalue weighted by molar-refractivity contribution is 5.94. The summed E-state index contributed by atoms with van der Waals surface area (Å²) in [6.07, 6.45) is 2.17. The minimum Gasteiger partial charge on any atom is -0.422 e. The van der Waals surface area contributed by atoms with Crippen molar-refractivity contribution in [1.29, 1.82) is 0 Å². The summed E-state index contributed by atoms with van der Waals surface area (Å²) in [6, 6.07) is 18.9. The molecule has 3 aromatic rings. The molecular weight excluding hydrogens is 456 g/mol. The fourth-order valence-electron chi connectivity index (χ4n) is 5.07. The van der Waals surface area contributed by atoms with Gasteiger partial charge in [0.2, 0.25) is 0 Å². The van der Waals surface area contributed by atoms with Gasteiger partial charge in [-0.2, -0.15) is 0 Å². The summed E-state index contributed by atoms with van der Waals surface area (Å²) in [5.74, 6) is -0.547. The van der Waals surface area contributed by atoms with Crippen molar-refractivity contribution in [3.8, 4) is 22.6 Å². The van der Waals surface area contributed by atoms with Crippen molar-refractivity contribution in [1.82, 2.24) is 4.90 Å². The molecule has 0 bridgehead atoms. The van der Waals surface area contributed by atoms with Crippen LogP contribution in [0.15, 0.2) is 65.8 Å². The first-order valence-corrected chi connectivity index (χ1v) is 12.0. The van der Waals surface area contributed by atoms with Gasteiger partial charge in [0.25, 0.3) is 0 Å². The molecule has 36 heavy (non-hydrogen) atoms. The Labute approximate surface area is 209 Å². The topological polar surface area (TPSA) is 105 Å². The van der Waals surface area contributed by atoms with Crippen LogP contribution < -0.4 is 9.47 Å². The third-order valence-corrected chi connectivity index (χ3v) is 6.82. The first-order chi connectivity index (χ1) is 17.6. The van der Waals surface area contributed by atoms with Crippen LogP contribution in [0.4, 0.5) is 0 Å². The van der Waals surface area contributed by atoms with Gasteiger partial charge in [0, 0.05) is 36.0 Å². The summed E-state index contributed by atoms with van der Waals surface area (Å²) in [4.78, 5) is 30.8. The number of hydrogen-bond donors (Lipinski definition) is 0. The Kier molecular flexibility index (Phi) is 6.71. The number of fused-ring (bicyclic) bond motifs is 2. The van der Waals surface area contributed by atoms with E-state index in [0.717, 1.165) is 36.1 Å². The predicted molar refractivity (Wildman–Crippen MR) is 135 cm³/mol. The summed E-state index contributed by atoms with van der Waals surface area (Å²) in [6.45, 7) is 1.19. The number of esters is 2. The van der Waals surface area contributed by atoms with E-state index >= 15 is 0 Å². The lowest BCUT2D eigenvalue weighted by Crippen LogP contribution is -2.35. The largest absolute Gasteiger partial charge is 0.422 e. The summed E-state index contributed by atoms with van der Waals surface area (Å²) < 4.78 is 11.7. The van der Waals surface area contributed by atoms with Gasteiger partial charge < -0.3 is 9.47 Å². The molecule has 1 aliphatic heterocycles. The lowest BCUT2D eigenvalue weighted by molar-refractivity contribution is -0.134. The van der Waals surface area contributed by atoms with Crippen LogP contribution in [0.3, 0.4) is 0 Å². The van der Waals surface area contributed by atoms with Crippen molar-refractivity contribution in [2.45, 2.75) is 31.7 Å². The number of likely N-dealkylation sites (N-methyl/N-ethyl adjacent to an activating group) is 1. The third kappa shape index (κ3) is 4.56. The van der Waals surface area contributed by atoms with Gasteiger partial charge in [-0.3, -0.25) is 9.69 Å². The Hall–Kier alpha value is -4.13. The molecule has 0 saturated carbocycles. The van der Waals surface area contributed by atoms with E-state index in [2.05, 4.69) is 28.0 Å². The lowest BCUT2D eigenvalue weighted by Gasteiger charge is -2.40. The van der Waals surface area contributed by atoms with E-state index in [-0.39, 0.29) is 30.5 Å². The van der Waals surface area contributed by atoms with Crippen LogP contribution in [-0.4, -0.2) is 37.0 Å². The Balaban J connectivity index is 1.57. The average Bonchev–Trinajstić information content (AvgIpc) is 2.90. The molecule has 0 N–H and O–H groups in total. The van der Waals surface area contributed by atoms with Crippen LogP contribution in [0.5, 0.6) is 11.5 Å². The summed E-state index contributed by atoms with van der Waals surface area (Å²) in [5.41, 5.74) is 14.2. The standard InChI is InChI=1S/C28H26N4O4/c1-32-16-14-18-9-5-10-21-25(18)22(32)17-20-12-13-23(35-24(33)11-6-15-30-31-29)27(26(20)21)36-28(34)19-7-3-2-4-8-19/h2-5,7-10,12-13,22H,6,11,14-17H2,1H3/t22-/m1/s1. The molecule has 5 rings (SSSR count). The average molecular weight is 483 g/mol. The molecule has 1 aliphatic carbocycles. The lowest BCUT2D eigenvalue weighted by atomic mass is 9.77. The smallest absolute Gasteiger partial charge is 0.343 e. The molecule has 1 heterocycles. The normalized spacial score (nSPS) is 15.8. The van der Waals surface area contributed by atoms with E-state index < -0.39 is 11.9 Å². The van der Waals surface area contributed by atoms with Gasteiger partial charge in [-0.1, -0.05) is 47.6 Å². The van der Waals surface area contributed by atoms with E-state index in [0.29, 0.717) is 12.0 Å². The van der Waals surface area contributed by atoms with Crippen LogP contribution in [0.1, 0.15) is 45.9 Å². The molecule has 8 heteroatoms. The van der Waals surface area contributed by atoms with Crippen molar-refractivity contribution < 1.29 is 19.1 Å². The monoisotopic (exact) mass is 482 g/mol.